The normalized spacial score (nSPS) is 16.2. The number of thiocarbonyl (C=S) groups is 1. The second-order valence-electron chi connectivity index (χ2n) is 4.85. The van der Waals surface area contributed by atoms with Crippen LogP contribution < -0.4 is 5.11 Å². The largest absolute Gasteiger partial charge is 0.548 e. The van der Waals surface area contributed by atoms with Crippen LogP contribution in [0.5, 0.6) is 0 Å². The number of nitrogens with zero attached hydrogens (tertiary/aromatic N) is 1. The topological polar surface area (TPSA) is 73.6 Å². The van der Waals surface area contributed by atoms with Crippen molar-refractivity contribution in [3.8, 4) is 11.3 Å². The van der Waals surface area contributed by atoms with E-state index in [4.69, 9.17) is 28.2 Å². The fraction of sp³-hybridized carbons (Fsp3) is 0.0625. The summed E-state index contributed by atoms with van der Waals surface area (Å²) < 4.78 is 5.88. The van der Waals surface area contributed by atoms with Crippen LogP contribution in [0.1, 0.15) is 5.76 Å². The molecule has 0 radical (unpaired) electrons. The van der Waals surface area contributed by atoms with Crippen molar-refractivity contribution in [2.24, 2.45) is 0 Å². The molecule has 1 aromatic carbocycles. The van der Waals surface area contributed by atoms with Gasteiger partial charge in [-0.25, -0.2) is 0 Å². The predicted octanol–water partition coefficient (Wildman–Crippen LogP) is 2.55. The number of amides is 1. The van der Waals surface area contributed by atoms with E-state index in [1.165, 1.54) is 6.08 Å². The molecular weight excluding hydrogens is 370 g/mol. The van der Waals surface area contributed by atoms with Gasteiger partial charge in [-0.3, -0.25) is 9.69 Å². The van der Waals surface area contributed by atoms with E-state index >= 15 is 0 Å². The van der Waals surface area contributed by atoms with Crippen molar-refractivity contribution in [3.63, 3.8) is 0 Å². The standard InChI is InChI=1S/C16H10ClNO4S2/c17-10-3-1-9(2-4-10)12-6-5-11(22-12)7-13-15(21)18(8-14(19)20)16(23)24-13/h1-7H,8H2,(H,19,20)/p-1/b13-7-. The van der Waals surface area contributed by atoms with Gasteiger partial charge in [0, 0.05) is 16.7 Å². The smallest absolute Gasteiger partial charge is 0.266 e. The van der Waals surface area contributed by atoms with Crippen LogP contribution >= 0.6 is 35.6 Å². The molecule has 0 unspecified atom stereocenters. The second-order valence-corrected chi connectivity index (χ2v) is 6.96. The van der Waals surface area contributed by atoms with Gasteiger partial charge in [-0.05, 0) is 36.4 Å². The number of hydrogen-bond donors (Lipinski definition) is 0. The second kappa shape index (κ2) is 6.80. The molecule has 0 spiro atoms. The summed E-state index contributed by atoms with van der Waals surface area (Å²) in [7, 11) is 0. The van der Waals surface area contributed by atoms with E-state index in [-0.39, 0.29) is 4.32 Å². The lowest BCUT2D eigenvalue weighted by Gasteiger charge is -2.14. The summed E-state index contributed by atoms with van der Waals surface area (Å²) in [5.74, 6) is -0.744. The molecule has 1 amide bonds. The summed E-state index contributed by atoms with van der Waals surface area (Å²) in [6.45, 7) is -0.559. The molecule has 1 aliphatic rings. The molecule has 0 saturated carbocycles. The van der Waals surface area contributed by atoms with Crippen LogP contribution in [0.15, 0.2) is 45.7 Å². The van der Waals surface area contributed by atoms with E-state index < -0.39 is 18.4 Å². The molecule has 1 aromatic heterocycles. The molecule has 1 fully saturated rings. The molecule has 0 atom stereocenters. The molecule has 0 N–H and O–H groups in total. The number of carboxylic acids is 1. The number of furan rings is 1. The Morgan fingerprint density at radius 2 is 2.00 bits per heavy atom. The Morgan fingerprint density at radius 1 is 1.29 bits per heavy atom. The molecule has 8 heteroatoms. The quantitative estimate of drug-likeness (QED) is 0.601. The lowest BCUT2D eigenvalue weighted by Crippen LogP contribution is -2.40. The first kappa shape index (κ1) is 16.8. The Balaban J connectivity index is 1.82. The molecule has 2 heterocycles. The Labute approximate surface area is 151 Å². The number of hydrogen-bond acceptors (Lipinski definition) is 6. The highest BCUT2D eigenvalue weighted by atomic mass is 35.5. The van der Waals surface area contributed by atoms with Gasteiger partial charge in [0.25, 0.3) is 5.91 Å². The zero-order chi connectivity index (χ0) is 17.3. The van der Waals surface area contributed by atoms with Crippen molar-refractivity contribution in [1.82, 2.24) is 4.90 Å². The van der Waals surface area contributed by atoms with Crippen LogP contribution in [0, 0.1) is 0 Å². The monoisotopic (exact) mass is 378 g/mol. The van der Waals surface area contributed by atoms with E-state index in [1.54, 1.807) is 24.3 Å². The van der Waals surface area contributed by atoms with Crippen molar-refractivity contribution >= 4 is 57.9 Å². The van der Waals surface area contributed by atoms with Gasteiger partial charge in [0.1, 0.15) is 15.8 Å². The summed E-state index contributed by atoms with van der Waals surface area (Å²) in [6, 6.07) is 10.6. The zero-order valence-corrected chi connectivity index (χ0v) is 14.4. The maximum atomic E-state index is 12.2. The first-order valence-corrected chi connectivity index (χ1v) is 8.35. The van der Waals surface area contributed by atoms with E-state index in [0.29, 0.717) is 21.4 Å². The van der Waals surface area contributed by atoms with Gasteiger partial charge < -0.3 is 14.3 Å². The third-order valence-corrected chi connectivity index (χ3v) is 4.82. The number of aliphatic carboxylic acids is 1. The first-order valence-electron chi connectivity index (χ1n) is 6.75. The van der Waals surface area contributed by atoms with Gasteiger partial charge in [-0.15, -0.1) is 0 Å². The summed E-state index contributed by atoms with van der Waals surface area (Å²) in [5, 5.41) is 11.3. The van der Waals surface area contributed by atoms with Crippen LogP contribution in [0.4, 0.5) is 0 Å². The van der Waals surface area contributed by atoms with Crippen molar-refractivity contribution < 1.29 is 19.1 Å². The molecule has 0 bridgehead atoms. The lowest BCUT2D eigenvalue weighted by molar-refractivity contribution is -0.305. The minimum absolute atomic E-state index is 0.180. The first-order chi connectivity index (χ1) is 11.4. The summed E-state index contributed by atoms with van der Waals surface area (Å²) >= 11 is 11.9. The summed E-state index contributed by atoms with van der Waals surface area (Å²) in [5.41, 5.74) is 0.851. The van der Waals surface area contributed by atoms with E-state index in [9.17, 15) is 14.7 Å². The van der Waals surface area contributed by atoms with Gasteiger partial charge >= 0.3 is 0 Å². The van der Waals surface area contributed by atoms with E-state index in [2.05, 4.69) is 0 Å². The number of rotatable bonds is 4. The van der Waals surface area contributed by atoms with Gasteiger partial charge in [0.05, 0.1) is 17.4 Å². The molecule has 0 aliphatic carbocycles. The number of halogens is 1. The van der Waals surface area contributed by atoms with Crippen LogP contribution in [-0.2, 0) is 9.59 Å². The SMILES string of the molecule is O=C([O-])CN1C(=O)/C(=C/c2ccc(-c3ccc(Cl)cc3)o2)SC1=S. The maximum absolute atomic E-state index is 12.2. The van der Waals surface area contributed by atoms with E-state index in [1.807, 2.05) is 12.1 Å². The molecule has 122 valence electrons. The van der Waals surface area contributed by atoms with Crippen molar-refractivity contribution in [3.05, 3.63) is 52.1 Å². The highest BCUT2D eigenvalue weighted by molar-refractivity contribution is 8.26. The van der Waals surface area contributed by atoms with Crippen LogP contribution in [0.2, 0.25) is 5.02 Å². The Kier molecular flexibility index (Phi) is 4.75. The highest BCUT2D eigenvalue weighted by Crippen LogP contribution is 2.33. The Hall–Kier alpha value is -2.09. The Bertz CT molecular complexity index is 857. The number of carboxylic acid groups (broad SMARTS) is 1. The van der Waals surface area contributed by atoms with E-state index in [0.717, 1.165) is 22.2 Å². The number of benzene rings is 1. The minimum Gasteiger partial charge on any atom is -0.548 e. The third kappa shape index (κ3) is 3.53. The molecule has 24 heavy (non-hydrogen) atoms. The predicted molar refractivity (Wildman–Crippen MR) is 94.0 cm³/mol. The van der Waals surface area contributed by atoms with Gasteiger partial charge in [0.15, 0.2) is 0 Å². The van der Waals surface area contributed by atoms with Crippen LogP contribution in [-0.4, -0.2) is 27.6 Å². The lowest BCUT2D eigenvalue weighted by atomic mass is 10.2. The summed E-state index contributed by atoms with van der Waals surface area (Å²) in [6.07, 6.45) is 1.54. The van der Waals surface area contributed by atoms with Crippen molar-refractivity contribution in [2.75, 3.05) is 6.54 Å². The summed E-state index contributed by atoms with van der Waals surface area (Å²) in [4.78, 5) is 24.1. The average molecular weight is 379 g/mol. The van der Waals surface area contributed by atoms with Crippen molar-refractivity contribution in [2.45, 2.75) is 0 Å². The Morgan fingerprint density at radius 3 is 2.67 bits per heavy atom. The van der Waals surface area contributed by atoms with Crippen molar-refractivity contribution in [1.29, 1.82) is 0 Å². The van der Waals surface area contributed by atoms with Gasteiger partial charge in [-0.2, -0.15) is 0 Å². The van der Waals surface area contributed by atoms with Crippen LogP contribution in [0.25, 0.3) is 17.4 Å². The molecular formula is C16H9ClNO4S2-. The average Bonchev–Trinajstić information content (AvgIpc) is 3.09. The van der Waals surface area contributed by atoms with Gasteiger partial charge in [0.2, 0.25) is 0 Å². The minimum atomic E-state index is -1.37. The number of carbonyl (C=O) groups is 2. The fourth-order valence-corrected chi connectivity index (χ4v) is 3.46. The van der Waals surface area contributed by atoms with Crippen LogP contribution in [0.3, 0.4) is 0 Å². The molecule has 1 aliphatic heterocycles. The molecule has 2 aromatic rings. The highest BCUT2D eigenvalue weighted by Gasteiger charge is 2.32. The molecule has 5 nitrogen and oxygen atoms in total. The number of carbonyl (C=O) groups excluding carboxylic acids is 2. The zero-order valence-electron chi connectivity index (χ0n) is 12.0. The maximum Gasteiger partial charge on any atom is 0.266 e. The third-order valence-electron chi connectivity index (χ3n) is 3.19. The molecule has 1 saturated heterocycles. The van der Waals surface area contributed by atoms with Gasteiger partial charge in [-0.1, -0.05) is 35.6 Å². The number of thioether (sulfide) groups is 1. The molecule has 3 rings (SSSR count). The fourth-order valence-electron chi connectivity index (χ4n) is 2.09.